The summed E-state index contributed by atoms with van der Waals surface area (Å²) < 4.78 is 12.6. The minimum absolute atomic E-state index is 0.102. The topological polar surface area (TPSA) is 52.6 Å². The van der Waals surface area contributed by atoms with Gasteiger partial charge in [-0.2, -0.15) is 0 Å². The second kappa shape index (κ2) is 7.41. The molecule has 5 atom stereocenters. The van der Waals surface area contributed by atoms with Gasteiger partial charge in [0.25, 0.3) is 0 Å². The summed E-state index contributed by atoms with van der Waals surface area (Å²) in [5.41, 5.74) is 4.82. The molecule has 4 aromatic rings. The van der Waals surface area contributed by atoms with E-state index in [0.29, 0.717) is 11.1 Å². The minimum Gasteiger partial charge on any atom is -0.454 e. The predicted molar refractivity (Wildman–Crippen MR) is 135 cm³/mol. The molecule has 0 aromatic heterocycles. The summed E-state index contributed by atoms with van der Waals surface area (Å²) in [6.45, 7) is 2.16. The smallest absolute Gasteiger partial charge is 0.338 e. The van der Waals surface area contributed by atoms with Gasteiger partial charge in [0.15, 0.2) is 6.10 Å². The van der Waals surface area contributed by atoms with Crippen molar-refractivity contribution in [2.75, 3.05) is 0 Å². The van der Waals surface area contributed by atoms with Crippen LogP contribution < -0.4 is 0 Å². The fourth-order valence-electron chi connectivity index (χ4n) is 7.22. The Labute approximate surface area is 209 Å². The van der Waals surface area contributed by atoms with Crippen LogP contribution in [0.3, 0.4) is 0 Å². The van der Waals surface area contributed by atoms with Gasteiger partial charge >= 0.3 is 11.9 Å². The van der Waals surface area contributed by atoms with Crippen LogP contribution in [0.2, 0.25) is 0 Å². The van der Waals surface area contributed by atoms with E-state index >= 15 is 0 Å². The number of hydrogen-bond acceptors (Lipinski definition) is 4. The van der Waals surface area contributed by atoms with Gasteiger partial charge in [0.05, 0.1) is 11.1 Å². The van der Waals surface area contributed by atoms with Crippen molar-refractivity contribution in [3.63, 3.8) is 0 Å². The quantitative estimate of drug-likeness (QED) is 0.352. The summed E-state index contributed by atoms with van der Waals surface area (Å²) in [5, 5.41) is 0. The molecule has 3 aliphatic rings. The maximum atomic E-state index is 13.4. The van der Waals surface area contributed by atoms with Gasteiger partial charge in [0, 0.05) is 16.7 Å². The Morgan fingerprint density at radius 3 is 1.75 bits per heavy atom. The number of esters is 2. The molecule has 0 aliphatic heterocycles. The Kier molecular flexibility index (Phi) is 4.35. The van der Waals surface area contributed by atoms with Gasteiger partial charge in [-0.05, 0) is 46.5 Å². The number of carbonyl (C=O) groups excluding carboxylic acids is 2. The van der Waals surface area contributed by atoms with E-state index in [2.05, 4.69) is 43.3 Å². The van der Waals surface area contributed by atoms with Crippen LogP contribution in [-0.2, 0) is 20.3 Å². The van der Waals surface area contributed by atoms with Crippen molar-refractivity contribution in [1.82, 2.24) is 0 Å². The molecule has 0 bridgehead atoms. The molecule has 7 rings (SSSR count). The zero-order valence-electron chi connectivity index (χ0n) is 19.8. The number of fused-ring (bicyclic) bond motifs is 4. The molecular formula is C32H24O4. The summed E-state index contributed by atoms with van der Waals surface area (Å²) in [7, 11) is 0. The highest BCUT2D eigenvalue weighted by atomic mass is 16.6. The molecule has 4 nitrogen and oxygen atoms in total. The molecule has 0 heterocycles. The molecule has 3 aliphatic carbocycles. The van der Waals surface area contributed by atoms with E-state index in [0.717, 1.165) is 11.1 Å². The molecule has 0 saturated heterocycles. The van der Waals surface area contributed by atoms with Crippen LogP contribution in [0.15, 0.2) is 109 Å². The third-order valence-corrected chi connectivity index (χ3v) is 8.61. The molecule has 176 valence electrons. The summed E-state index contributed by atoms with van der Waals surface area (Å²) in [5.74, 6) is -0.919. The molecular weight excluding hydrogens is 448 g/mol. The number of rotatable bonds is 4. The molecule has 0 N–H and O–H groups in total. The van der Waals surface area contributed by atoms with Crippen molar-refractivity contribution in [2.45, 2.75) is 35.9 Å². The largest absolute Gasteiger partial charge is 0.454 e. The number of hydrogen-bond donors (Lipinski definition) is 0. The lowest BCUT2D eigenvalue weighted by molar-refractivity contribution is -0.0438. The van der Waals surface area contributed by atoms with Crippen LogP contribution >= 0.6 is 0 Å². The first kappa shape index (κ1) is 21.1. The second-order valence-electron chi connectivity index (χ2n) is 10.0. The van der Waals surface area contributed by atoms with E-state index in [1.54, 1.807) is 24.3 Å². The number of carbonyl (C=O) groups is 2. The van der Waals surface area contributed by atoms with Crippen LogP contribution in [-0.4, -0.2) is 24.1 Å². The Bertz CT molecular complexity index is 1510. The Morgan fingerprint density at radius 1 is 0.611 bits per heavy atom. The Balaban J connectivity index is 1.38. The summed E-state index contributed by atoms with van der Waals surface area (Å²) in [4.78, 5) is 26.7. The van der Waals surface area contributed by atoms with E-state index in [9.17, 15) is 9.59 Å². The highest BCUT2D eigenvalue weighted by Gasteiger charge is 2.82. The maximum Gasteiger partial charge on any atom is 0.338 e. The van der Waals surface area contributed by atoms with E-state index in [4.69, 9.17) is 9.47 Å². The molecule has 1 spiro atoms. The summed E-state index contributed by atoms with van der Waals surface area (Å²) >= 11 is 0. The van der Waals surface area contributed by atoms with Crippen molar-refractivity contribution < 1.29 is 19.1 Å². The first-order valence-corrected chi connectivity index (χ1v) is 12.3. The molecule has 4 aromatic carbocycles. The van der Waals surface area contributed by atoms with E-state index in [-0.39, 0.29) is 11.3 Å². The average molecular weight is 473 g/mol. The average Bonchev–Trinajstić information content (AvgIpc) is 3.06. The van der Waals surface area contributed by atoms with Gasteiger partial charge in [-0.1, -0.05) is 91.9 Å². The van der Waals surface area contributed by atoms with E-state index in [1.165, 1.54) is 11.1 Å². The van der Waals surface area contributed by atoms with Gasteiger partial charge in [-0.3, -0.25) is 0 Å². The fourth-order valence-corrected chi connectivity index (χ4v) is 7.22. The Morgan fingerprint density at radius 2 is 1.11 bits per heavy atom. The van der Waals surface area contributed by atoms with Gasteiger partial charge in [0.2, 0.25) is 0 Å². The van der Waals surface area contributed by atoms with Crippen molar-refractivity contribution in [3.05, 3.63) is 143 Å². The van der Waals surface area contributed by atoms with Crippen molar-refractivity contribution in [2.24, 2.45) is 0 Å². The van der Waals surface area contributed by atoms with E-state index in [1.807, 2.05) is 48.5 Å². The van der Waals surface area contributed by atoms with Crippen LogP contribution in [0, 0.1) is 0 Å². The lowest BCUT2D eigenvalue weighted by atomic mass is 9.38. The van der Waals surface area contributed by atoms with Gasteiger partial charge in [0.1, 0.15) is 6.10 Å². The third-order valence-electron chi connectivity index (χ3n) is 8.61. The minimum atomic E-state index is -0.648. The lowest BCUT2D eigenvalue weighted by Gasteiger charge is -2.63. The summed E-state index contributed by atoms with van der Waals surface area (Å²) in [6, 6.07) is 34.7. The number of ether oxygens (including phenoxy) is 2. The first-order chi connectivity index (χ1) is 17.6. The monoisotopic (exact) mass is 472 g/mol. The van der Waals surface area contributed by atoms with Crippen molar-refractivity contribution in [3.8, 4) is 0 Å². The van der Waals surface area contributed by atoms with Crippen LogP contribution in [0.5, 0.6) is 0 Å². The molecule has 1 fully saturated rings. The highest BCUT2D eigenvalue weighted by molar-refractivity contribution is 5.91. The molecule has 1 saturated carbocycles. The second-order valence-corrected chi connectivity index (χ2v) is 10.0. The molecule has 4 heteroatoms. The first-order valence-electron chi connectivity index (χ1n) is 12.3. The van der Waals surface area contributed by atoms with Crippen LogP contribution in [0.25, 0.3) is 0 Å². The van der Waals surface area contributed by atoms with E-state index < -0.39 is 29.6 Å². The van der Waals surface area contributed by atoms with Crippen LogP contribution in [0.1, 0.15) is 55.8 Å². The van der Waals surface area contributed by atoms with Gasteiger partial charge in [-0.15, -0.1) is 0 Å². The normalized spacial score (nSPS) is 28.3. The molecule has 0 amide bonds. The highest BCUT2D eigenvalue weighted by Crippen LogP contribution is 2.78. The van der Waals surface area contributed by atoms with Crippen LogP contribution in [0.4, 0.5) is 0 Å². The standard InChI is InChI=1S/C32H24O4/c1-31-24-18-10-11-19-25(24)32(31)23-17-9-8-16-22(23)26(32)27(35-29(33)20-12-4-2-5-13-20)28(31)36-30(34)21-14-6-3-7-15-21/h2-19,26-28H,1H3. The number of benzene rings is 4. The molecule has 36 heavy (non-hydrogen) atoms. The van der Waals surface area contributed by atoms with Crippen molar-refractivity contribution in [1.29, 1.82) is 0 Å². The zero-order valence-corrected chi connectivity index (χ0v) is 19.8. The third kappa shape index (κ3) is 2.44. The Hall–Kier alpha value is -4.18. The summed E-state index contributed by atoms with van der Waals surface area (Å²) in [6.07, 6.45) is -1.28. The maximum absolute atomic E-state index is 13.4. The fraction of sp³-hybridized carbons (Fsp3) is 0.188. The zero-order chi connectivity index (χ0) is 24.5. The predicted octanol–water partition coefficient (Wildman–Crippen LogP) is 5.81. The SMILES string of the molecule is CC12c3ccccc3C13c1ccccc1C3C(OC(=O)c1ccccc1)C2OC(=O)c1ccccc1. The van der Waals surface area contributed by atoms with Crippen molar-refractivity contribution >= 4 is 11.9 Å². The lowest BCUT2D eigenvalue weighted by Crippen LogP contribution is -2.64. The van der Waals surface area contributed by atoms with Gasteiger partial charge < -0.3 is 9.47 Å². The molecule has 0 radical (unpaired) electrons. The van der Waals surface area contributed by atoms with Gasteiger partial charge in [-0.25, -0.2) is 9.59 Å². The molecule has 5 unspecified atom stereocenters.